The molecule has 0 aliphatic rings. The number of methoxy groups -OCH3 is 1. The number of nitrogens with one attached hydrogen (secondary N) is 1. The zero-order valence-electron chi connectivity index (χ0n) is 10.8. The molecule has 3 rings (SSSR count). The van der Waals surface area contributed by atoms with Crippen LogP contribution in [0.5, 0.6) is 5.75 Å². The smallest absolute Gasteiger partial charge is 0.195 e. The van der Waals surface area contributed by atoms with Crippen LogP contribution in [0.25, 0.3) is 10.9 Å². The van der Waals surface area contributed by atoms with Gasteiger partial charge in [-0.15, -0.1) is 0 Å². The van der Waals surface area contributed by atoms with Gasteiger partial charge in [0.1, 0.15) is 5.75 Å². The highest BCUT2D eigenvalue weighted by Gasteiger charge is 2.14. The van der Waals surface area contributed by atoms with Gasteiger partial charge >= 0.3 is 0 Å². The van der Waals surface area contributed by atoms with Crippen molar-refractivity contribution in [2.45, 2.75) is 0 Å². The number of carbonyl (C=O) groups is 1. The molecule has 1 aromatic heterocycles. The summed E-state index contributed by atoms with van der Waals surface area (Å²) in [4.78, 5) is 15.6. The second kappa shape index (κ2) is 5.02. The van der Waals surface area contributed by atoms with Crippen LogP contribution in [0.3, 0.4) is 0 Å². The average Bonchev–Trinajstić information content (AvgIpc) is 2.89. The van der Waals surface area contributed by atoms with Gasteiger partial charge in [-0.2, -0.15) is 0 Å². The molecule has 0 saturated heterocycles. The van der Waals surface area contributed by atoms with E-state index in [-0.39, 0.29) is 5.78 Å². The molecule has 100 valence electrons. The van der Waals surface area contributed by atoms with Crippen molar-refractivity contribution in [2.75, 3.05) is 7.11 Å². The second-order valence-corrected chi connectivity index (χ2v) is 4.89. The Hall–Kier alpha value is -2.26. The van der Waals surface area contributed by atoms with E-state index in [1.54, 1.807) is 43.6 Å². The van der Waals surface area contributed by atoms with E-state index in [2.05, 4.69) is 4.98 Å². The maximum Gasteiger partial charge on any atom is 0.195 e. The van der Waals surface area contributed by atoms with E-state index in [0.717, 1.165) is 16.7 Å². The number of fused-ring (bicyclic) bond motifs is 1. The van der Waals surface area contributed by atoms with Gasteiger partial charge < -0.3 is 9.72 Å². The molecule has 0 atom stereocenters. The van der Waals surface area contributed by atoms with Crippen LogP contribution in [0.2, 0.25) is 5.02 Å². The Kier molecular flexibility index (Phi) is 3.20. The molecule has 20 heavy (non-hydrogen) atoms. The number of hydrogen-bond donors (Lipinski definition) is 1. The van der Waals surface area contributed by atoms with Crippen molar-refractivity contribution in [3.05, 3.63) is 64.8 Å². The standard InChI is InChI=1S/C16H12ClNO2/c1-20-12-5-2-10(3-6-12)16(19)14-9-18-15-8-11(17)4-7-13(14)15/h2-9,18H,1H3. The fraction of sp³-hybridized carbons (Fsp3) is 0.0625. The molecule has 3 aromatic rings. The second-order valence-electron chi connectivity index (χ2n) is 4.45. The van der Waals surface area contributed by atoms with Crippen LogP contribution in [0.15, 0.2) is 48.7 Å². The molecule has 0 aliphatic heterocycles. The van der Waals surface area contributed by atoms with Crippen LogP contribution in [0.4, 0.5) is 0 Å². The molecule has 0 amide bonds. The molecule has 0 aliphatic carbocycles. The van der Waals surface area contributed by atoms with Gasteiger partial charge in [0, 0.05) is 33.2 Å². The SMILES string of the molecule is COc1ccc(C(=O)c2c[nH]c3cc(Cl)ccc23)cc1. The fourth-order valence-electron chi connectivity index (χ4n) is 2.18. The number of ether oxygens (including phenoxy) is 1. The molecule has 0 spiro atoms. The molecule has 0 saturated carbocycles. The fourth-order valence-corrected chi connectivity index (χ4v) is 2.36. The Morgan fingerprint density at radius 1 is 1.15 bits per heavy atom. The Balaban J connectivity index is 2.03. The number of carbonyl (C=O) groups excluding carboxylic acids is 1. The summed E-state index contributed by atoms with van der Waals surface area (Å²) in [5.41, 5.74) is 2.12. The Morgan fingerprint density at radius 2 is 1.90 bits per heavy atom. The van der Waals surface area contributed by atoms with Crippen LogP contribution in [-0.4, -0.2) is 17.9 Å². The summed E-state index contributed by atoms with van der Waals surface area (Å²) in [6, 6.07) is 12.5. The van der Waals surface area contributed by atoms with Gasteiger partial charge in [-0.3, -0.25) is 4.79 Å². The van der Waals surface area contributed by atoms with Gasteiger partial charge in [-0.05, 0) is 36.4 Å². The lowest BCUT2D eigenvalue weighted by Gasteiger charge is -2.02. The van der Waals surface area contributed by atoms with E-state index >= 15 is 0 Å². The van der Waals surface area contributed by atoms with Crippen molar-refractivity contribution < 1.29 is 9.53 Å². The van der Waals surface area contributed by atoms with Gasteiger partial charge in [0.15, 0.2) is 5.78 Å². The van der Waals surface area contributed by atoms with Crippen molar-refractivity contribution in [1.29, 1.82) is 0 Å². The number of hydrogen-bond acceptors (Lipinski definition) is 2. The van der Waals surface area contributed by atoms with E-state index in [0.29, 0.717) is 16.1 Å². The summed E-state index contributed by atoms with van der Waals surface area (Å²) in [6.07, 6.45) is 1.72. The highest BCUT2D eigenvalue weighted by atomic mass is 35.5. The van der Waals surface area contributed by atoms with Crippen LogP contribution in [0, 0.1) is 0 Å². The molecule has 1 N–H and O–H groups in total. The first-order chi connectivity index (χ1) is 9.69. The van der Waals surface area contributed by atoms with Crippen LogP contribution in [-0.2, 0) is 0 Å². The first-order valence-corrected chi connectivity index (χ1v) is 6.52. The summed E-state index contributed by atoms with van der Waals surface area (Å²) in [7, 11) is 1.60. The number of aromatic amines is 1. The van der Waals surface area contributed by atoms with Crippen molar-refractivity contribution >= 4 is 28.3 Å². The number of halogens is 1. The molecular weight excluding hydrogens is 274 g/mol. The van der Waals surface area contributed by atoms with Crippen molar-refractivity contribution in [2.24, 2.45) is 0 Å². The van der Waals surface area contributed by atoms with E-state index in [4.69, 9.17) is 16.3 Å². The third-order valence-corrected chi connectivity index (χ3v) is 3.48. The van der Waals surface area contributed by atoms with Crippen LogP contribution < -0.4 is 4.74 Å². The lowest BCUT2D eigenvalue weighted by Crippen LogP contribution is -2.00. The Morgan fingerprint density at radius 3 is 2.60 bits per heavy atom. The van der Waals surface area contributed by atoms with Gasteiger partial charge in [-0.25, -0.2) is 0 Å². The topological polar surface area (TPSA) is 42.1 Å². The third-order valence-electron chi connectivity index (χ3n) is 3.24. The zero-order valence-corrected chi connectivity index (χ0v) is 11.6. The summed E-state index contributed by atoms with van der Waals surface area (Å²) >= 11 is 5.94. The summed E-state index contributed by atoms with van der Waals surface area (Å²) in [6.45, 7) is 0. The van der Waals surface area contributed by atoms with Gasteiger partial charge in [0.05, 0.1) is 7.11 Å². The normalized spacial score (nSPS) is 10.7. The number of aromatic nitrogens is 1. The van der Waals surface area contributed by atoms with Crippen LogP contribution >= 0.6 is 11.6 Å². The zero-order chi connectivity index (χ0) is 14.1. The van der Waals surface area contributed by atoms with E-state index < -0.39 is 0 Å². The first-order valence-electron chi connectivity index (χ1n) is 6.14. The first kappa shape index (κ1) is 12.8. The Labute approximate surface area is 121 Å². The van der Waals surface area contributed by atoms with E-state index in [9.17, 15) is 4.79 Å². The maximum absolute atomic E-state index is 12.5. The molecule has 0 unspecified atom stereocenters. The quantitative estimate of drug-likeness (QED) is 0.737. The molecule has 0 fully saturated rings. The third kappa shape index (κ3) is 2.17. The Bertz CT molecular complexity index is 775. The number of benzene rings is 2. The minimum absolute atomic E-state index is 0.0266. The van der Waals surface area contributed by atoms with Crippen molar-refractivity contribution in [3.63, 3.8) is 0 Å². The molecule has 3 nitrogen and oxygen atoms in total. The minimum atomic E-state index is -0.0266. The lowest BCUT2D eigenvalue weighted by molar-refractivity contribution is 0.104. The largest absolute Gasteiger partial charge is 0.497 e. The summed E-state index contributed by atoms with van der Waals surface area (Å²) in [5, 5.41) is 1.51. The molecule has 1 heterocycles. The predicted octanol–water partition coefficient (Wildman–Crippen LogP) is 4.06. The molecular formula is C16H12ClNO2. The minimum Gasteiger partial charge on any atom is -0.497 e. The average molecular weight is 286 g/mol. The van der Waals surface area contributed by atoms with E-state index in [1.807, 2.05) is 12.1 Å². The number of rotatable bonds is 3. The number of ketones is 1. The molecule has 0 bridgehead atoms. The molecule has 4 heteroatoms. The summed E-state index contributed by atoms with van der Waals surface area (Å²) < 4.78 is 5.09. The van der Waals surface area contributed by atoms with Crippen LogP contribution in [0.1, 0.15) is 15.9 Å². The molecule has 2 aromatic carbocycles. The van der Waals surface area contributed by atoms with E-state index in [1.165, 1.54) is 0 Å². The van der Waals surface area contributed by atoms with Gasteiger partial charge in [0.2, 0.25) is 0 Å². The van der Waals surface area contributed by atoms with Gasteiger partial charge in [-0.1, -0.05) is 17.7 Å². The lowest BCUT2D eigenvalue weighted by atomic mass is 10.0. The monoisotopic (exact) mass is 285 g/mol. The van der Waals surface area contributed by atoms with Gasteiger partial charge in [0.25, 0.3) is 0 Å². The highest BCUT2D eigenvalue weighted by molar-refractivity contribution is 6.31. The van der Waals surface area contributed by atoms with Crippen molar-refractivity contribution in [1.82, 2.24) is 4.98 Å². The summed E-state index contributed by atoms with van der Waals surface area (Å²) in [5.74, 6) is 0.702. The maximum atomic E-state index is 12.5. The van der Waals surface area contributed by atoms with Crippen molar-refractivity contribution in [3.8, 4) is 5.75 Å². The predicted molar refractivity (Wildman–Crippen MR) is 79.7 cm³/mol. The highest BCUT2D eigenvalue weighted by Crippen LogP contribution is 2.24. The number of H-pyrrole nitrogens is 1. The molecule has 0 radical (unpaired) electrons.